The average molecular weight is 1040 g/mol. The maximum atomic E-state index is 13.8. The van der Waals surface area contributed by atoms with Crippen molar-refractivity contribution in [3.05, 3.63) is 120 Å². The van der Waals surface area contributed by atoms with Crippen LogP contribution in [0.4, 0.5) is 0 Å². The molecule has 76 heavy (non-hydrogen) atoms. The number of carboxylic acids is 1. The van der Waals surface area contributed by atoms with Crippen LogP contribution in [0.3, 0.4) is 0 Å². The zero-order valence-electron chi connectivity index (χ0n) is 47.2. The summed E-state index contributed by atoms with van der Waals surface area (Å²) < 4.78 is 18.4. The summed E-state index contributed by atoms with van der Waals surface area (Å²) in [5, 5.41) is 27.3. The fraction of sp³-hybridized carbons (Fsp3) is 0.587. The molecular weight excluding hydrogens is 950 g/mol. The van der Waals surface area contributed by atoms with E-state index in [0.29, 0.717) is 32.5 Å². The molecule has 3 aromatic carbocycles. The topological polar surface area (TPSA) is 167 Å². The van der Waals surface area contributed by atoms with Gasteiger partial charge in [0.15, 0.2) is 0 Å². The van der Waals surface area contributed by atoms with Crippen LogP contribution in [0.2, 0.25) is 0 Å². The van der Waals surface area contributed by atoms with Crippen LogP contribution in [-0.4, -0.2) is 87.3 Å². The van der Waals surface area contributed by atoms with Crippen molar-refractivity contribution in [1.82, 2.24) is 15.5 Å². The van der Waals surface area contributed by atoms with E-state index in [1.54, 1.807) is 26.4 Å². The molecule has 0 saturated carbocycles. The molecule has 13 heteroatoms. The Bertz CT molecular complexity index is 2100. The number of unbranched alkanes of at least 4 members (excludes halogenated alkanes) is 19. The van der Waals surface area contributed by atoms with E-state index in [9.17, 15) is 29.4 Å². The first-order chi connectivity index (χ1) is 36.4. The Morgan fingerprint density at radius 2 is 1.01 bits per heavy atom. The van der Waals surface area contributed by atoms with E-state index in [2.05, 4.69) is 36.6 Å². The van der Waals surface area contributed by atoms with Crippen LogP contribution in [0.5, 0.6) is 11.5 Å². The molecule has 0 aliphatic carbocycles. The number of aliphatic carboxylic acids is 1. The third-order valence-electron chi connectivity index (χ3n) is 15.3. The summed E-state index contributed by atoms with van der Waals surface area (Å²) in [4.78, 5) is 50.6. The number of allylic oxidation sites excluding steroid dienone is 2. The summed E-state index contributed by atoms with van der Waals surface area (Å²) in [7, 11) is 3.31. The Labute approximate surface area is 468 Å². The maximum absolute atomic E-state index is 13.8. The van der Waals surface area contributed by atoms with Gasteiger partial charge >= 0.3 is 18.9 Å². The van der Waals surface area contributed by atoms with Crippen LogP contribution in [0.25, 0.3) is 0 Å². The van der Waals surface area contributed by atoms with Gasteiger partial charge in [0.05, 0.1) is 33.4 Å². The number of carboxylic acid groups (broad SMARTS) is 1. The SMILES string of the molecule is COc1ccc(C(OC[C@@]2(C)CN(C(=O)CCCCCCCCC(=O)NCCCCCCCCCC=CC(=O)NCCCCCCCCCC=CC(=O)[O-])C[C@@]2(C)CO)(c2ccccc2)c2ccc(OC)cc2)cc1.[Li+]. The second-order valence-electron chi connectivity index (χ2n) is 21.2. The predicted octanol–water partition coefficient (Wildman–Crippen LogP) is 8.32. The van der Waals surface area contributed by atoms with Gasteiger partial charge in [0.2, 0.25) is 17.7 Å². The molecule has 0 spiro atoms. The number of likely N-dealkylation sites (tertiary alicyclic amines) is 1. The van der Waals surface area contributed by atoms with E-state index in [4.69, 9.17) is 14.2 Å². The largest absolute Gasteiger partial charge is 1.00 e. The van der Waals surface area contributed by atoms with Gasteiger partial charge in [-0.25, -0.2) is 0 Å². The number of aliphatic hydroxyl groups excluding tert-OH is 1. The molecule has 1 fully saturated rings. The van der Waals surface area contributed by atoms with E-state index in [1.807, 2.05) is 77.7 Å². The predicted molar refractivity (Wildman–Crippen MR) is 298 cm³/mol. The molecule has 1 saturated heterocycles. The van der Waals surface area contributed by atoms with Crippen molar-refractivity contribution in [2.75, 3.05) is 53.6 Å². The zero-order chi connectivity index (χ0) is 54.0. The number of nitrogens with one attached hydrogen (secondary N) is 2. The van der Waals surface area contributed by atoms with Crippen molar-refractivity contribution in [3.63, 3.8) is 0 Å². The standard InChI is InChI=1S/C63H93N3O9.Li/c1-61(50-67)48-66(49-62(61,2)51-75-63(52-32-24-23-25-33-52,53-38-42-55(73-3)43-39-53)54-40-44-56(74-4)45-41-54)59(70)36-28-19-14-13-18-27-35-58(69)65-47-30-21-15-9-5-7-11-17-26-34-57(68)64-46-31-22-16-10-6-8-12-20-29-37-60(71)72;/h23-26,29,32-34,37-45,67H,5-22,27-28,30-31,35-36,46-51H2,1-4H3,(H,64,68)(H,65,69)(H,71,72);/q;+1/p-1/t61-,62+;/m0./s1. The Hall–Kier alpha value is -4.86. The van der Waals surface area contributed by atoms with Crippen molar-refractivity contribution in [3.8, 4) is 11.5 Å². The van der Waals surface area contributed by atoms with Gasteiger partial charge in [-0.1, -0.05) is 170 Å². The van der Waals surface area contributed by atoms with Gasteiger partial charge in [-0.05, 0) is 104 Å². The molecule has 0 unspecified atom stereocenters. The smallest absolute Gasteiger partial charge is 0.545 e. The van der Waals surface area contributed by atoms with E-state index in [0.717, 1.165) is 156 Å². The van der Waals surface area contributed by atoms with Gasteiger partial charge in [-0.2, -0.15) is 0 Å². The molecule has 12 nitrogen and oxygen atoms in total. The molecule has 3 aromatic rings. The molecular formula is C63H92LiN3O9. The van der Waals surface area contributed by atoms with Gasteiger partial charge in [0.1, 0.15) is 17.1 Å². The first-order valence-corrected chi connectivity index (χ1v) is 28.4. The number of hydrogen-bond acceptors (Lipinski definition) is 9. The molecule has 0 aromatic heterocycles. The summed E-state index contributed by atoms with van der Waals surface area (Å²) in [6, 6.07) is 26.1. The Kier molecular flexibility index (Phi) is 31.9. The van der Waals surface area contributed by atoms with E-state index in [1.165, 1.54) is 25.7 Å². The number of ether oxygens (including phenoxy) is 3. The molecule has 0 radical (unpaired) electrons. The molecule has 2 atom stereocenters. The number of methoxy groups -OCH3 is 2. The number of carbonyl (C=O) groups is 4. The first kappa shape index (κ1) is 65.4. The fourth-order valence-electron chi connectivity index (χ4n) is 10.2. The molecule has 414 valence electrons. The van der Waals surface area contributed by atoms with Crippen molar-refractivity contribution in [1.29, 1.82) is 0 Å². The van der Waals surface area contributed by atoms with Crippen LogP contribution in [0.15, 0.2) is 103 Å². The van der Waals surface area contributed by atoms with Crippen molar-refractivity contribution >= 4 is 23.7 Å². The molecule has 4 rings (SSSR count). The third-order valence-corrected chi connectivity index (χ3v) is 15.3. The summed E-state index contributed by atoms with van der Waals surface area (Å²) >= 11 is 0. The number of nitrogens with zero attached hydrogens (tertiary/aromatic N) is 1. The summed E-state index contributed by atoms with van der Waals surface area (Å²) in [6.45, 7) is 6.80. The molecule has 3 amide bonds. The molecule has 0 bridgehead atoms. The van der Waals surface area contributed by atoms with E-state index < -0.39 is 22.4 Å². The first-order valence-electron chi connectivity index (χ1n) is 28.4. The Balaban J connectivity index is 0.0000152. The number of carbonyl (C=O) groups excluding carboxylic acids is 4. The van der Waals surface area contributed by atoms with Crippen molar-refractivity contribution in [2.24, 2.45) is 10.8 Å². The van der Waals surface area contributed by atoms with Crippen LogP contribution in [-0.2, 0) is 29.5 Å². The number of rotatable bonds is 40. The van der Waals surface area contributed by atoms with Crippen LogP contribution < -0.4 is 44.1 Å². The van der Waals surface area contributed by atoms with Gasteiger partial charge in [-0.15, -0.1) is 0 Å². The monoisotopic (exact) mass is 1040 g/mol. The fourth-order valence-corrected chi connectivity index (χ4v) is 10.2. The van der Waals surface area contributed by atoms with Gasteiger partial charge in [0, 0.05) is 49.9 Å². The van der Waals surface area contributed by atoms with Crippen molar-refractivity contribution in [2.45, 2.75) is 174 Å². The second-order valence-corrected chi connectivity index (χ2v) is 21.2. The van der Waals surface area contributed by atoms with Crippen LogP contribution in [0, 0.1) is 10.8 Å². The molecule has 1 heterocycles. The summed E-state index contributed by atoms with van der Waals surface area (Å²) in [5.74, 6) is 0.593. The molecule has 1 aliphatic rings. The third kappa shape index (κ3) is 22.6. The Morgan fingerprint density at radius 3 is 1.51 bits per heavy atom. The molecule has 1 aliphatic heterocycles. The second kappa shape index (κ2) is 37.0. The van der Waals surface area contributed by atoms with Crippen LogP contribution >= 0.6 is 0 Å². The zero-order valence-corrected chi connectivity index (χ0v) is 47.2. The summed E-state index contributed by atoms with van der Waals surface area (Å²) in [5.41, 5.74) is 0.668. The number of amides is 3. The van der Waals surface area contributed by atoms with Gasteiger partial charge in [-0.3, -0.25) is 14.4 Å². The van der Waals surface area contributed by atoms with Gasteiger partial charge in [0.25, 0.3) is 0 Å². The Morgan fingerprint density at radius 1 is 0.579 bits per heavy atom. The van der Waals surface area contributed by atoms with E-state index in [-0.39, 0.29) is 49.8 Å². The number of hydrogen-bond donors (Lipinski definition) is 3. The van der Waals surface area contributed by atoms with Gasteiger partial charge < -0.3 is 44.8 Å². The summed E-state index contributed by atoms with van der Waals surface area (Å²) in [6.07, 6.45) is 30.5. The quantitative estimate of drug-likeness (QED) is 0.0220. The normalized spacial score (nSPS) is 16.5. The van der Waals surface area contributed by atoms with E-state index >= 15 is 0 Å². The minimum Gasteiger partial charge on any atom is -0.545 e. The maximum Gasteiger partial charge on any atom is 1.00 e. The van der Waals surface area contributed by atoms with Crippen LogP contribution in [0.1, 0.15) is 185 Å². The van der Waals surface area contributed by atoms with Crippen molar-refractivity contribution < 1.29 is 62.5 Å². The minimum atomic E-state index is -1.13. The number of benzene rings is 3. The number of aliphatic hydroxyl groups is 1. The molecule has 3 N–H and O–H groups in total. The minimum absolute atomic E-state index is 0. The average Bonchev–Trinajstić information content (AvgIpc) is 3.71.